The van der Waals surface area contributed by atoms with Gasteiger partial charge in [-0.25, -0.2) is 15.0 Å². The van der Waals surface area contributed by atoms with Gasteiger partial charge in [0.1, 0.15) is 11.2 Å². The summed E-state index contributed by atoms with van der Waals surface area (Å²) in [6.07, 6.45) is 2.19. The van der Waals surface area contributed by atoms with Crippen molar-refractivity contribution in [1.82, 2.24) is 15.0 Å². The van der Waals surface area contributed by atoms with E-state index in [2.05, 4.69) is 123 Å². The second kappa shape index (κ2) is 11.7. The van der Waals surface area contributed by atoms with Gasteiger partial charge in [-0.3, -0.25) is 0 Å². The molecule has 2 unspecified atom stereocenters. The number of hydrogen-bond donors (Lipinski definition) is 0. The fourth-order valence-electron chi connectivity index (χ4n) is 8.05. The first-order chi connectivity index (χ1) is 25.1. The first-order valence-corrected chi connectivity index (χ1v) is 17.9. The van der Waals surface area contributed by atoms with Crippen LogP contribution in [0.3, 0.4) is 0 Å². The van der Waals surface area contributed by atoms with Gasteiger partial charge in [0.15, 0.2) is 17.5 Å². The highest BCUT2D eigenvalue weighted by atomic mass is 16.3. The number of aromatic nitrogens is 3. The topological polar surface area (TPSA) is 51.8 Å². The molecule has 1 aliphatic rings. The maximum absolute atomic E-state index is 6.31. The lowest BCUT2D eigenvalue weighted by Crippen LogP contribution is -2.20. The highest BCUT2D eigenvalue weighted by Gasteiger charge is 2.23. The molecule has 51 heavy (non-hydrogen) atoms. The molecule has 2 heterocycles. The molecule has 2 aromatic heterocycles. The Morgan fingerprint density at radius 1 is 0.451 bits per heavy atom. The van der Waals surface area contributed by atoms with Crippen LogP contribution in [0.4, 0.5) is 0 Å². The molecule has 10 rings (SSSR count). The quantitative estimate of drug-likeness (QED) is 0.177. The van der Waals surface area contributed by atoms with E-state index >= 15 is 0 Å². The summed E-state index contributed by atoms with van der Waals surface area (Å²) in [4.78, 5) is 15.4. The van der Waals surface area contributed by atoms with E-state index in [0.717, 1.165) is 62.6 Å². The molecule has 0 aliphatic heterocycles. The minimum atomic E-state index is 0.649. The Morgan fingerprint density at radius 2 is 1.10 bits per heavy atom. The highest BCUT2D eigenvalue weighted by molar-refractivity contribution is 6.27. The van der Waals surface area contributed by atoms with E-state index < -0.39 is 0 Å². The summed E-state index contributed by atoms with van der Waals surface area (Å²) >= 11 is 0. The molecular weight excluding hydrogens is 623 g/mol. The van der Waals surface area contributed by atoms with E-state index in [4.69, 9.17) is 19.4 Å². The number of nitrogens with zero attached hydrogens (tertiary/aromatic N) is 3. The molecular formula is C47H35N3O. The monoisotopic (exact) mass is 657 g/mol. The largest absolute Gasteiger partial charge is 0.456 e. The SMILES string of the molecule is CC1Cc2ccc(-c3nc(-c4ccccc4)nc(-c4ccccc4-c4ccc5ccc6ccc7oc8ccccc8c7c6c5c4)n3)cc2CC1C. The Hall–Kier alpha value is -6.13. The van der Waals surface area contributed by atoms with Crippen LogP contribution >= 0.6 is 0 Å². The zero-order valence-electron chi connectivity index (χ0n) is 28.6. The maximum Gasteiger partial charge on any atom is 0.164 e. The molecule has 0 amide bonds. The number of rotatable bonds is 4. The highest BCUT2D eigenvalue weighted by Crippen LogP contribution is 2.41. The Kier molecular flexibility index (Phi) is 6.85. The van der Waals surface area contributed by atoms with Crippen LogP contribution in [0.2, 0.25) is 0 Å². The zero-order valence-corrected chi connectivity index (χ0v) is 28.6. The van der Waals surface area contributed by atoms with Crippen LogP contribution in [0.5, 0.6) is 0 Å². The molecule has 1 aliphatic carbocycles. The van der Waals surface area contributed by atoms with Gasteiger partial charge in [0.25, 0.3) is 0 Å². The predicted molar refractivity (Wildman–Crippen MR) is 210 cm³/mol. The standard InChI is InChI=1S/C47H35N3O/c1-28-24-33-19-21-35(26-36(33)25-29(28)2)46-48-45(32-10-4-3-5-11-32)49-47(50-46)38-13-7-6-12-37(38)34-20-17-30-16-18-31-22-23-42-44(43(31)40(30)27-34)39-14-8-9-15-41(39)51-42/h3-23,26-29H,24-25H2,1-2H3. The van der Waals surface area contributed by atoms with Crippen molar-refractivity contribution in [1.29, 1.82) is 0 Å². The molecule has 0 saturated carbocycles. The average Bonchev–Trinajstić information content (AvgIpc) is 3.57. The molecule has 2 atom stereocenters. The molecule has 0 radical (unpaired) electrons. The van der Waals surface area contributed by atoms with Crippen LogP contribution in [0.1, 0.15) is 25.0 Å². The molecule has 244 valence electrons. The summed E-state index contributed by atoms with van der Waals surface area (Å²) in [6.45, 7) is 4.72. The lowest BCUT2D eigenvalue weighted by molar-refractivity contribution is 0.361. The molecule has 4 heteroatoms. The molecule has 0 spiro atoms. The Morgan fingerprint density at radius 3 is 1.96 bits per heavy atom. The molecule has 0 N–H and O–H groups in total. The van der Waals surface area contributed by atoms with Gasteiger partial charge < -0.3 is 4.42 Å². The van der Waals surface area contributed by atoms with Gasteiger partial charge in [-0.15, -0.1) is 0 Å². The van der Waals surface area contributed by atoms with Crippen molar-refractivity contribution in [2.75, 3.05) is 0 Å². The summed E-state index contributed by atoms with van der Waals surface area (Å²) in [5.74, 6) is 3.36. The predicted octanol–water partition coefficient (Wildman–Crippen LogP) is 12.1. The van der Waals surface area contributed by atoms with Gasteiger partial charge in [0, 0.05) is 32.8 Å². The third-order valence-electron chi connectivity index (χ3n) is 11.0. The lowest BCUT2D eigenvalue weighted by atomic mass is 9.77. The fraction of sp³-hybridized carbons (Fsp3) is 0.128. The van der Waals surface area contributed by atoms with Crippen molar-refractivity contribution >= 4 is 43.5 Å². The summed E-state index contributed by atoms with van der Waals surface area (Å²) < 4.78 is 6.31. The van der Waals surface area contributed by atoms with Crippen LogP contribution in [0, 0.1) is 11.8 Å². The van der Waals surface area contributed by atoms with E-state index in [-0.39, 0.29) is 0 Å². The second-order valence-electron chi connectivity index (χ2n) is 14.2. The molecule has 4 nitrogen and oxygen atoms in total. The first-order valence-electron chi connectivity index (χ1n) is 17.9. The van der Waals surface area contributed by atoms with Crippen molar-refractivity contribution in [3.05, 3.63) is 151 Å². The van der Waals surface area contributed by atoms with Gasteiger partial charge in [-0.1, -0.05) is 129 Å². The maximum atomic E-state index is 6.31. The average molecular weight is 658 g/mol. The molecule has 0 fully saturated rings. The first kappa shape index (κ1) is 29.8. The second-order valence-corrected chi connectivity index (χ2v) is 14.2. The van der Waals surface area contributed by atoms with Gasteiger partial charge >= 0.3 is 0 Å². The Bertz CT molecular complexity index is 2800. The van der Waals surface area contributed by atoms with Crippen LogP contribution in [0.25, 0.3) is 88.8 Å². The third-order valence-corrected chi connectivity index (χ3v) is 11.0. The number of fused-ring (bicyclic) bond motifs is 8. The van der Waals surface area contributed by atoms with E-state index in [1.807, 2.05) is 30.3 Å². The van der Waals surface area contributed by atoms with Gasteiger partial charge in [-0.2, -0.15) is 0 Å². The minimum absolute atomic E-state index is 0.649. The number of furan rings is 1. The summed E-state index contributed by atoms with van der Waals surface area (Å²) in [5.41, 5.74) is 9.80. The number of para-hydroxylation sites is 1. The summed E-state index contributed by atoms with van der Waals surface area (Å²) in [7, 11) is 0. The molecule has 9 aromatic rings. The summed E-state index contributed by atoms with van der Waals surface area (Å²) in [6, 6.07) is 49.3. The number of hydrogen-bond acceptors (Lipinski definition) is 4. The van der Waals surface area contributed by atoms with E-state index in [1.54, 1.807) is 0 Å². The van der Waals surface area contributed by atoms with Gasteiger partial charge in [0.2, 0.25) is 0 Å². The number of benzene rings is 7. The Balaban J connectivity index is 1.17. The van der Waals surface area contributed by atoms with Crippen molar-refractivity contribution in [3.63, 3.8) is 0 Å². The van der Waals surface area contributed by atoms with Crippen molar-refractivity contribution in [2.24, 2.45) is 11.8 Å². The minimum Gasteiger partial charge on any atom is -0.456 e. The van der Waals surface area contributed by atoms with E-state index in [0.29, 0.717) is 29.3 Å². The molecule has 0 bridgehead atoms. The van der Waals surface area contributed by atoms with Crippen molar-refractivity contribution < 1.29 is 4.42 Å². The smallest absolute Gasteiger partial charge is 0.164 e. The third kappa shape index (κ3) is 5.01. The van der Waals surface area contributed by atoms with E-state index in [1.165, 1.54) is 32.7 Å². The summed E-state index contributed by atoms with van der Waals surface area (Å²) in [5, 5.41) is 7.06. The zero-order chi connectivity index (χ0) is 34.1. The van der Waals surface area contributed by atoms with Crippen molar-refractivity contribution in [2.45, 2.75) is 26.7 Å². The Labute approximate surface area is 296 Å². The molecule has 0 saturated heterocycles. The lowest BCUT2D eigenvalue weighted by Gasteiger charge is -2.28. The van der Waals surface area contributed by atoms with Gasteiger partial charge in [0.05, 0.1) is 0 Å². The normalized spacial score (nSPS) is 15.9. The van der Waals surface area contributed by atoms with Crippen LogP contribution in [-0.2, 0) is 12.8 Å². The van der Waals surface area contributed by atoms with Crippen LogP contribution in [-0.4, -0.2) is 15.0 Å². The fourth-order valence-corrected chi connectivity index (χ4v) is 8.05. The van der Waals surface area contributed by atoms with Crippen LogP contribution in [0.15, 0.2) is 144 Å². The van der Waals surface area contributed by atoms with E-state index in [9.17, 15) is 0 Å². The van der Waals surface area contributed by atoms with Gasteiger partial charge in [-0.05, 0) is 87.4 Å². The van der Waals surface area contributed by atoms with Crippen molar-refractivity contribution in [3.8, 4) is 45.3 Å². The molecule has 7 aromatic carbocycles. The van der Waals surface area contributed by atoms with Crippen LogP contribution < -0.4 is 0 Å².